The van der Waals surface area contributed by atoms with Crippen LogP contribution in [0.15, 0.2) is 27.7 Å². The molecule has 1 aromatic carbocycles. The summed E-state index contributed by atoms with van der Waals surface area (Å²) in [6, 6.07) is 6.02. The number of rotatable bonds is 6. The average Bonchev–Trinajstić information content (AvgIpc) is 3.14. The second-order valence-electron chi connectivity index (χ2n) is 6.76. The predicted octanol–water partition coefficient (Wildman–Crippen LogP) is 2.21. The SMILES string of the molecule is CN=C(NCCc1nc(C(C)C)no1)N(C)Cc1ccc2c(c1)OCCO2. The Morgan fingerprint density at radius 3 is 2.74 bits per heavy atom. The Labute approximate surface area is 159 Å². The summed E-state index contributed by atoms with van der Waals surface area (Å²) in [6.45, 7) is 6.64. The highest BCUT2D eigenvalue weighted by Crippen LogP contribution is 2.31. The van der Waals surface area contributed by atoms with Crippen molar-refractivity contribution >= 4 is 5.96 Å². The first-order valence-corrected chi connectivity index (χ1v) is 9.19. The van der Waals surface area contributed by atoms with Crippen molar-refractivity contribution in [1.82, 2.24) is 20.4 Å². The molecule has 1 aliphatic rings. The molecule has 1 aliphatic heterocycles. The molecule has 0 aliphatic carbocycles. The first-order valence-electron chi connectivity index (χ1n) is 9.19. The summed E-state index contributed by atoms with van der Waals surface area (Å²) in [7, 11) is 3.77. The Morgan fingerprint density at radius 1 is 1.26 bits per heavy atom. The van der Waals surface area contributed by atoms with E-state index in [0.717, 1.165) is 28.8 Å². The highest BCUT2D eigenvalue weighted by Gasteiger charge is 2.14. The van der Waals surface area contributed by atoms with Crippen LogP contribution in [0.2, 0.25) is 0 Å². The summed E-state index contributed by atoms with van der Waals surface area (Å²) in [4.78, 5) is 10.8. The summed E-state index contributed by atoms with van der Waals surface area (Å²) in [5.41, 5.74) is 1.13. The van der Waals surface area contributed by atoms with E-state index < -0.39 is 0 Å². The maximum Gasteiger partial charge on any atom is 0.228 e. The van der Waals surface area contributed by atoms with E-state index in [1.807, 2.05) is 39.1 Å². The Balaban J connectivity index is 1.52. The molecule has 0 spiro atoms. The van der Waals surface area contributed by atoms with Gasteiger partial charge in [0.25, 0.3) is 0 Å². The van der Waals surface area contributed by atoms with Crippen LogP contribution in [0.25, 0.3) is 0 Å². The normalized spacial score (nSPS) is 13.7. The van der Waals surface area contributed by atoms with Gasteiger partial charge < -0.3 is 24.2 Å². The average molecular weight is 373 g/mol. The number of aliphatic imine (C=N–C) groups is 1. The van der Waals surface area contributed by atoms with Crippen LogP contribution in [-0.4, -0.2) is 54.9 Å². The van der Waals surface area contributed by atoms with Crippen molar-refractivity contribution in [1.29, 1.82) is 0 Å². The largest absolute Gasteiger partial charge is 0.486 e. The second kappa shape index (κ2) is 8.75. The van der Waals surface area contributed by atoms with E-state index in [9.17, 15) is 0 Å². The molecule has 2 aromatic rings. The molecule has 1 aromatic heterocycles. The summed E-state index contributed by atoms with van der Waals surface area (Å²) in [5, 5.41) is 7.31. The van der Waals surface area contributed by atoms with Crippen molar-refractivity contribution < 1.29 is 14.0 Å². The van der Waals surface area contributed by atoms with Gasteiger partial charge >= 0.3 is 0 Å². The van der Waals surface area contributed by atoms with E-state index in [4.69, 9.17) is 14.0 Å². The Kier molecular flexibility index (Phi) is 6.16. The van der Waals surface area contributed by atoms with Gasteiger partial charge in [0.05, 0.1) is 0 Å². The van der Waals surface area contributed by atoms with Crippen LogP contribution in [0.1, 0.15) is 37.0 Å². The van der Waals surface area contributed by atoms with E-state index in [0.29, 0.717) is 38.6 Å². The zero-order valence-electron chi connectivity index (χ0n) is 16.4. The maximum absolute atomic E-state index is 5.65. The number of benzene rings is 1. The first-order chi connectivity index (χ1) is 13.1. The molecule has 8 nitrogen and oxygen atoms in total. The molecule has 0 atom stereocenters. The smallest absolute Gasteiger partial charge is 0.228 e. The van der Waals surface area contributed by atoms with E-state index in [-0.39, 0.29) is 5.92 Å². The number of fused-ring (bicyclic) bond motifs is 1. The third-order valence-corrected chi connectivity index (χ3v) is 4.22. The van der Waals surface area contributed by atoms with Crippen LogP contribution in [0.3, 0.4) is 0 Å². The summed E-state index contributed by atoms with van der Waals surface area (Å²) in [5.74, 6) is 4.04. The number of ether oxygens (including phenoxy) is 2. The number of nitrogens with zero attached hydrogens (tertiary/aromatic N) is 4. The number of hydrogen-bond donors (Lipinski definition) is 1. The molecule has 2 heterocycles. The Bertz CT molecular complexity index is 787. The highest BCUT2D eigenvalue weighted by atomic mass is 16.6. The molecule has 0 radical (unpaired) electrons. The van der Waals surface area contributed by atoms with Crippen LogP contribution < -0.4 is 14.8 Å². The van der Waals surface area contributed by atoms with Crippen LogP contribution in [0.5, 0.6) is 11.5 Å². The lowest BCUT2D eigenvalue weighted by Crippen LogP contribution is -2.39. The molecule has 3 rings (SSSR count). The molecular weight excluding hydrogens is 346 g/mol. The minimum atomic E-state index is 0.264. The zero-order chi connectivity index (χ0) is 19.2. The summed E-state index contributed by atoms with van der Waals surface area (Å²) in [6.07, 6.45) is 0.649. The Hall–Kier alpha value is -2.77. The summed E-state index contributed by atoms with van der Waals surface area (Å²) >= 11 is 0. The molecule has 0 saturated carbocycles. The minimum Gasteiger partial charge on any atom is -0.486 e. The van der Waals surface area contributed by atoms with Crippen molar-refractivity contribution in [2.45, 2.75) is 32.7 Å². The zero-order valence-corrected chi connectivity index (χ0v) is 16.4. The van der Waals surface area contributed by atoms with Gasteiger partial charge in [-0.1, -0.05) is 25.1 Å². The quantitative estimate of drug-likeness (QED) is 0.614. The highest BCUT2D eigenvalue weighted by molar-refractivity contribution is 5.79. The van der Waals surface area contributed by atoms with Crippen LogP contribution in [0, 0.1) is 0 Å². The lowest BCUT2D eigenvalue weighted by Gasteiger charge is -2.23. The van der Waals surface area contributed by atoms with E-state index in [1.165, 1.54) is 0 Å². The molecule has 146 valence electrons. The van der Waals surface area contributed by atoms with E-state index in [1.54, 1.807) is 7.05 Å². The maximum atomic E-state index is 5.65. The molecule has 0 saturated heterocycles. The van der Waals surface area contributed by atoms with Crippen LogP contribution >= 0.6 is 0 Å². The molecule has 0 bridgehead atoms. The van der Waals surface area contributed by atoms with Gasteiger partial charge in [0.2, 0.25) is 5.89 Å². The fourth-order valence-corrected chi connectivity index (χ4v) is 2.80. The van der Waals surface area contributed by atoms with Crippen molar-refractivity contribution in [3.05, 3.63) is 35.5 Å². The van der Waals surface area contributed by atoms with E-state index >= 15 is 0 Å². The van der Waals surface area contributed by atoms with Crippen molar-refractivity contribution in [2.75, 3.05) is 33.9 Å². The summed E-state index contributed by atoms with van der Waals surface area (Å²) < 4.78 is 16.5. The fraction of sp³-hybridized carbons (Fsp3) is 0.526. The third kappa shape index (κ3) is 4.90. The molecule has 0 fully saturated rings. The molecule has 27 heavy (non-hydrogen) atoms. The topological polar surface area (TPSA) is 85.0 Å². The molecule has 8 heteroatoms. The number of hydrogen-bond acceptors (Lipinski definition) is 6. The van der Waals surface area contributed by atoms with Crippen LogP contribution in [-0.2, 0) is 13.0 Å². The Morgan fingerprint density at radius 2 is 2.04 bits per heavy atom. The minimum absolute atomic E-state index is 0.264. The van der Waals surface area contributed by atoms with Gasteiger partial charge in [0, 0.05) is 39.5 Å². The third-order valence-electron chi connectivity index (χ3n) is 4.22. The number of aromatic nitrogens is 2. The number of nitrogens with one attached hydrogen (secondary N) is 1. The van der Waals surface area contributed by atoms with Gasteiger partial charge in [0.15, 0.2) is 23.3 Å². The van der Waals surface area contributed by atoms with Gasteiger partial charge in [-0.05, 0) is 17.7 Å². The van der Waals surface area contributed by atoms with Gasteiger partial charge in [-0.3, -0.25) is 4.99 Å². The van der Waals surface area contributed by atoms with Crippen molar-refractivity contribution in [3.63, 3.8) is 0 Å². The second-order valence-corrected chi connectivity index (χ2v) is 6.76. The fourth-order valence-electron chi connectivity index (χ4n) is 2.80. The lowest BCUT2D eigenvalue weighted by atomic mass is 10.2. The van der Waals surface area contributed by atoms with Gasteiger partial charge in [-0.2, -0.15) is 4.98 Å². The first kappa shape index (κ1) is 19.0. The van der Waals surface area contributed by atoms with Crippen molar-refractivity contribution in [3.8, 4) is 11.5 Å². The predicted molar refractivity (Wildman–Crippen MR) is 102 cm³/mol. The van der Waals surface area contributed by atoms with Crippen LogP contribution in [0.4, 0.5) is 0 Å². The van der Waals surface area contributed by atoms with Gasteiger partial charge in [-0.15, -0.1) is 0 Å². The van der Waals surface area contributed by atoms with Gasteiger partial charge in [-0.25, -0.2) is 0 Å². The van der Waals surface area contributed by atoms with Crippen molar-refractivity contribution in [2.24, 2.45) is 4.99 Å². The lowest BCUT2D eigenvalue weighted by molar-refractivity contribution is 0.171. The molecule has 0 amide bonds. The number of guanidine groups is 1. The standard InChI is InChI=1S/C19H27N5O3/c1-13(2)18-22-17(27-23-18)7-8-21-19(20-3)24(4)12-14-5-6-15-16(11-14)26-10-9-25-15/h5-6,11,13H,7-10,12H2,1-4H3,(H,20,21). The van der Waals surface area contributed by atoms with E-state index in [2.05, 4.69) is 25.3 Å². The molecule has 0 unspecified atom stereocenters. The monoisotopic (exact) mass is 373 g/mol. The molecular formula is C19H27N5O3. The van der Waals surface area contributed by atoms with Gasteiger partial charge in [0.1, 0.15) is 13.2 Å². The molecule has 1 N–H and O–H groups in total.